The van der Waals surface area contributed by atoms with Crippen LogP contribution in [-0.2, 0) is 11.2 Å². The summed E-state index contributed by atoms with van der Waals surface area (Å²) in [5.74, 6) is 0.242. The normalized spacial score (nSPS) is 18.6. The lowest BCUT2D eigenvalue weighted by atomic mass is 10.1. The predicted octanol–water partition coefficient (Wildman–Crippen LogP) is 4.03. The monoisotopic (exact) mass is 308 g/mol. The van der Waals surface area contributed by atoms with Crippen molar-refractivity contribution in [1.29, 1.82) is 0 Å². The van der Waals surface area contributed by atoms with E-state index in [0.717, 1.165) is 35.8 Å². The van der Waals surface area contributed by atoms with Gasteiger partial charge in [0.25, 0.3) is 0 Å². The first-order chi connectivity index (χ1) is 9.74. The van der Waals surface area contributed by atoms with Crippen LogP contribution in [0.5, 0.6) is 0 Å². The Kier molecular flexibility index (Phi) is 4.13. The molecule has 1 aliphatic rings. The fraction of sp³-hybridized carbons (Fsp3) is 0.400. The number of nitrogens with zero attached hydrogens (tertiary/aromatic N) is 1. The third kappa shape index (κ3) is 2.91. The summed E-state index contributed by atoms with van der Waals surface area (Å²) in [6.45, 7) is 0.869. The van der Waals surface area contributed by atoms with E-state index in [-0.39, 0.29) is 11.9 Å². The van der Waals surface area contributed by atoms with Gasteiger partial charge in [0.15, 0.2) is 0 Å². The van der Waals surface area contributed by atoms with E-state index in [1.165, 1.54) is 4.88 Å². The minimum Gasteiger partial charge on any atom is -0.363 e. The molecule has 1 fully saturated rings. The molecule has 106 valence electrons. The first-order valence-electron chi connectivity index (χ1n) is 6.91. The lowest BCUT2D eigenvalue weighted by Crippen LogP contribution is -2.30. The van der Waals surface area contributed by atoms with Gasteiger partial charge in [-0.05, 0) is 43.5 Å². The van der Waals surface area contributed by atoms with Gasteiger partial charge < -0.3 is 9.88 Å². The highest BCUT2D eigenvalue weighted by molar-refractivity contribution is 7.16. The van der Waals surface area contributed by atoms with Crippen molar-refractivity contribution in [3.05, 3.63) is 45.4 Å². The molecule has 0 aromatic carbocycles. The molecule has 5 heteroatoms. The summed E-state index contributed by atoms with van der Waals surface area (Å²) < 4.78 is 0.790. The Morgan fingerprint density at radius 1 is 1.45 bits per heavy atom. The van der Waals surface area contributed by atoms with Crippen molar-refractivity contribution in [2.45, 2.75) is 31.7 Å². The number of amides is 1. The maximum Gasteiger partial charge on any atom is 0.223 e. The van der Waals surface area contributed by atoms with Gasteiger partial charge in [0.1, 0.15) is 0 Å². The topological polar surface area (TPSA) is 36.1 Å². The van der Waals surface area contributed by atoms with Crippen LogP contribution in [0.4, 0.5) is 0 Å². The maximum absolute atomic E-state index is 12.4. The zero-order valence-corrected chi connectivity index (χ0v) is 12.7. The molecule has 1 N–H and O–H groups in total. The fourth-order valence-corrected chi connectivity index (χ4v) is 3.89. The number of halogens is 1. The zero-order chi connectivity index (χ0) is 13.9. The van der Waals surface area contributed by atoms with Gasteiger partial charge >= 0.3 is 0 Å². The van der Waals surface area contributed by atoms with Crippen LogP contribution in [0.2, 0.25) is 4.34 Å². The van der Waals surface area contributed by atoms with Crippen molar-refractivity contribution in [3.63, 3.8) is 0 Å². The molecule has 2 aromatic rings. The molecular formula is C15H17ClN2OS. The van der Waals surface area contributed by atoms with Crippen LogP contribution in [-0.4, -0.2) is 22.3 Å². The Bertz CT molecular complexity index is 578. The number of carbonyl (C=O) groups is 1. The Hall–Kier alpha value is -1.26. The second kappa shape index (κ2) is 6.02. The summed E-state index contributed by atoms with van der Waals surface area (Å²) in [5, 5.41) is 0. The minimum absolute atomic E-state index is 0.226. The van der Waals surface area contributed by atoms with E-state index in [0.29, 0.717) is 6.42 Å². The maximum atomic E-state index is 12.4. The number of hydrogen-bond donors (Lipinski definition) is 1. The molecule has 3 nitrogen and oxygen atoms in total. The molecule has 0 bridgehead atoms. The van der Waals surface area contributed by atoms with Crippen molar-refractivity contribution >= 4 is 28.8 Å². The SMILES string of the molecule is O=C(CCc1ccc(Cl)s1)N1CCCC1c1ccc[nH]1. The molecule has 3 heterocycles. The summed E-state index contributed by atoms with van der Waals surface area (Å²) in [6.07, 6.45) is 5.40. The molecule has 1 atom stereocenters. The van der Waals surface area contributed by atoms with E-state index in [4.69, 9.17) is 11.6 Å². The van der Waals surface area contributed by atoms with Crippen LogP contribution in [0.3, 0.4) is 0 Å². The lowest BCUT2D eigenvalue weighted by molar-refractivity contribution is -0.132. The van der Waals surface area contributed by atoms with Crippen LogP contribution >= 0.6 is 22.9 Å². The third-order valence-electron chi connectivity index (χ3n) is 3.77. The van der Waals surface area contributed by atoms with Crippen LogP contribution in [0, 0.1) is 0 Å². The highest BCUT2D eigenvalue weighted by Gasteiger charge is 2.30. The number of H-pyrrole nitrogens is 1. The van der Waals surface area contributed by atoms with Crippen molar-refractivity contribution in [1.82, 2.24) is 9.88 Å². The van der Waals surface area contributed by atoms with Crippen LogP contribution < -0.4 is 0 Å². The molecule has 0 spiro atoms. The van der Waals surface area contributed by atoms with Crippen molar-refractivity contribution in [2.75, 3.05) is 6.54 Å². The van der Waals surface area contributed by atoms with Crippen molar-refractivity contribution < 1.29 is 4.79 Å². The molecule has 1 unspecified atom stereocenters. The average molecular weight is 309 g/mol. The van der Waals surface area contributed by atoms with Gasteiger partial charge in [-0.1, -0.05) is 11.6 Å². The van der Waals surface area contributed by atoms with E-state index in [1.807, 2.05) is 29.3 Å². The fourth-order valence-electron chi connectivity index (χ4n) is 2.80. The molecule has 0 aliphatic carbocycles. The van der Waals surface area contributed by atoms with E-state index in [1.54, 1.807) is 11.3 Å². The Balaban J connectivity index is 1.61. The number of nitrogens with one attached hydrogen (secondary N) is 1. The predicted molar refractivity (Wildman–Crippen MR) is 82.1 cm³/mol. The molecule has 1 aliphatic heterocycles. The quantitative estimate of drug-likeness (QED) is 0.909. The van der Waals surface area contributed by atoms with Gasteiger partial charge in [0, 0.05) is 29.7 Å². The van der Waals surface area contributed by atoms with Gasteiger partial charge in [0.2, 0.25) is 5.91 Å². The van der Waals surface area contributed by atoms with Crippen molar-refractivity contribution in [2.24, 2.45) is 0 Å². The summed E-state index contributed by atoms with van der Waals surface area (Å²) >= 11 is 7.47. The van der Waals surface area contributed by atoms with E-state index < -0.39 is 0 Å². The number of rotatable bonds is 4. The molecule has 3 rings (SSSR count). The molecular weight excluding hydrogens is 292 g/mol. The number of aromatic amines is 1. The standard InChI is InChI=1S/C15H17ClN2OS/c16-14-7-5-11(20-14)6-8-15(19)18-10-2-4-13(18)12-3-1-9-17-12/h1,3,5,7,9,13,17H,2,4,6,8,10H2. The number of aromatic nitrogens is 1. The largest absolute Gasteiger partial charge is 0.363 e. The smallest absolute Gasteiger partial charge is 0.223 e. The number of carbonyl (C=O) groups excluding carboxylic acids is 1. The Labute approximate surface area is 127 Å². The number of aryl methyl sites for hydroxylation is 1. The van der Waals surface area contributed by atoms with Crippen LogP contribution in [0.25, 0.3) is 0 Å². The van der Waals surface area contributed by atoms with E-state index >= 15 is 0 Å². The van der Waals surface area contributed by atoms with Gasteiger partial charge in [-0.3, -0.25) is 4.79 Å². The first-order valence-corrected chi connectivity index (χ1v) is 8.10. The van der Waals surface area contributed by atoms with Crippen LogP contribution in [0.1, 0.15) is 35.9 Å². The van der Waals surface area contributed by atoms with Gasteiger partial charge in [-0.15, -0.1) is 11.3 Å². The molecule has 1 amide bonds. The second-order valence-electron chi connectivity index (χ2n) is 5.08. The zero-order valence-electron chi connectivity index (χ0n) is 11.1. The highest BCUT2D eigenvalue weighted by Crippen LogP contribution is 2.31. The highest BCUT2D eigenvalue weighted by atomic mass is 35.5. The average Bonchev–Trinajstić information content (AvgIpc) is 3.16. The van der Waals surface area contributed by atoms with Gasteiger partial charge in [-0.25, -0.2) is 0 Å². The Morgan fingerprint density at radius 3 is 3.05 bits per heavy atom. The lowest BCUT2D eigenvalue weighted by Gasteiger charge is -2.24. The second-order valence-corrected chi connectivity index (χ2v) is 6.88. The first kappa shape index (κ1) is 13.7. The van der Waals surface area contributed by atoms with Gasteiger partial charge in [-0.2, -0.15) is 0 Å². The minimum atomic E-state index is 0.226. The summed E-state index contributed by atoms with van der Waals surface area (Å²) in [7, 11) is 0. The third-order valence-corrected chi connectivity index (χ3v) is 5.06. The van der Waals surface area contributed by atoms with E-state index in [2.05, 4.69) is 11.1 Å². The van der Waals surface area contributed by atoms with Crippen molar-refractivity contribution in [3.8, 4) is 0 Å². The molecule has 0 saturated carbocycles. The Morgan fingerprint density at radius 2 is 2.35 bits per heavy atom. The molecule has 0 radical (unpaired) electrons. The van der Waals surface area contributed by atoms with Crippen LogP contribution in [0.15, 0.2) is 30.5 Å². The summed E-state index contributed by atoms with van der Waals surface area (Å²) in [6, 6.07) is 8.18. The summed E-state index contributed by atoms with van der Waals surface area (Å²) in [4.78, 5) is 18.8. The molecule has 1 saturated heterocycles. The molecule has 20 heavy (non-hydrogen) atoms. The van der Waals surface area contributed by atoms with E-state index in [9.17, 15) is 4.79 Å². The van der Waals surface area contributed by atoms with Gasteiger partial charge in [0.05, 0.1) is 10.4 Å². The molecule has 2 aromatic heterocycles. The summed E-state index contributed by atoms with van der Waals surface area (Å²) in [5.41, 5.74) is 1.15. The number of hydrogen-bond acceptors (Lipinski definition) is 2. The number of likely N-dealkylation sites (tertiary alicyclic amines) is 1. The number of thiophene rings is 1.